The molecule has 1 N–H and O–H groups in total. The second kappa shape index (κ2) is 7.93. The molecule has 0 atom stereocenters. The number of piperidine rings is 1. The van der Waals surface area contributed by atoms with Crippen molar-refractivity contribution in [2.45, 2.75) is 32.4 Å². The van der Waals surface area contributed by atoms with Crippen LogP contribution in [0.3, 0.4) is 0 Å². The molecule has 6 heteroatoms. The first-order valence-corrected chi connectivity index (χ1v) is 5.57. The highest BCUT2D eigenvalue weighted by molar-refractivity contribution is 5.85. The summed E-state index contributed by atoms with van der Waals surface area (Å²) in [7, 11) is 2.17. The van der Waals surface area contributed by atoms with E-state index >= 15 is 0 Å². The standard InChI is InChI=1S/C11H19N3O.2ClH/c1-9-11(13-8-15-9)7-14(2)10-3-5-12-6-4-10;;/h8,10,12H,3-7H2,1-2H3;2*1H. The van der Waals surface area contributed by atoms with Crippen LogP contribution >= 0.6 is 24.8 Å². The second-order valence-electron chi connectivity index (χ2n) is 4.25. The lowest BCUT2D eigenvalue weighted by Gasteiger charge is -2.31. The van der Waals surface area contributed by atoms with Crippen LogP contribution in [0.15, 0.2) is 10.8 Å². The third-order valence-corrected chi connectivity index (χ3v) is 3.18. The van der Waals surface area contributed by atoms with Crippen LogP contribution in [0.4, 0.5) is 0 Å². The van der Waals surface area contributed by atoms with E-state index in [1.165, 1.54) is 19.2 Å². The van der Waals surface area contributed by atoms with E-state index < -0.39 is 0 Å². The fourth-order valence-corrected chi connectivity index (χ4v) is 2.09. The summed E-state index contributed by atoms with van der Waals surface area (Å²) in [4.78, 5) is 6.61. The summed E-state index contributed by atoms with van der Waals surface area (Å²) in [6.07, 6.45) is 3.99. The number of nitrogens with one attached hydrogen (secondary N) is 1. The van der Waals surface area contributed by atoms with Crippen LogP contribution in [-0.2, 0) is 6.54 Å². The molecule has 100 valence electrons. The number of halogens is 2. The molecule has 0 saturated carbocycles. The molecule has 0 bridgehead atoms. The number of hydrogen-bond donors (Lipinski definition) is 1. The monoisotopic (exact) mass is 281 g/mol. The number of aryl methyl sites for hydroxylation is 1. The molecule has 1 aromatic rings. The van der Waals surface area contributed by atoms with E-state index in [9.17, 15) is 0 Å². The minimum Gasteiger partial charge on any atom is -0.448 e. The van der Waals surface area contributed by atoms with Gasteiger partial charge in [-0.15, -0.1) is 24.8 Å². The van der Waals surface area contributed by atoms with Gasteiger partial charge in [0, 0.05) is 12.6 Å². The molecule has 1 aromatic heterocycles. The Hall–Kier alpha value is -0.290. The maximum absolute atomic E-state index is 5.20. The normalized spacial score (nSPS) is 16.4. The third kappa shape index (κ3) is 4.47. The molecule has 1 aliphatic heterocycles. The second-order valence-corrected chi connectivity index (χ2v) is 4.25. The maximum atomic E-state index is 5.20. The van der Waals surface area contributed by atoms with E-state index in [2.05, 4.69) is 22.2 Å². The van der Waals surface area contributed by atoms with Crippen molar-refractivity contribution in [2.75, 3.05) is 20.1 Å². The Morgan fingerprint density at radius 2 is 2.06 bits per heavy atom. The largest absolute Gasteiger partial charge is 0.448 e. The molecule has 2 heterocycles. The summed E-state index contributed by atoms with van der Waals surface area (Å²) in [6.45, 7) is 5.13. The van der Waals surface area contributed by atoms with Crippen LogP contribution in [0.1, 0.15) is 24.3 Å². The maximum Gasteiger partial charge on any atom is 0.181 e. The van der Waals surface area contributed by atoms with E-state index in [4.69, 9.17) is 4.42 Å². The fourth-order valence-electron chi connectivity index (χ4n) is 2.09. The predicted molar refractivity (Wildman–Crippen MR) is 73.1 cm³/mol. The zero-order valence-corrected chi connectivity index (χ0v) is 11.9. The van der Waals surface area contributed by atoms with Gasteiger partial charge < -0.3 is 9.73 Å². The van der Waals surface area contributed by atoms with Crippen LogP contribution in [-0.4, -0.2) is 36.1 Å². The van der Waals surface area contributed by atoms with Gasteiger partial charge in [-0.25, -0.2) is 4.98 Å². The lowest BCUT2D eigenvalue weighted by molar-refractivity contribution is 0.189. The topological polar surface area (TPSA) is 41.3 Å². The SMILES string of the molecule is Cc1ocnc1CN(C)C1CCNCC1.Cl.Cl. The Morgan fingerprint density at radius 1 is 1.41 bits per heavy atom. The van der Waals surface area contributed by atoms with E-state index in [1.54, 1.807) is 0 Å². The van der Waals surface area contributed by atoms with Crippen molar-refractivity contribution in [3.05, 3.63) is 17.8 Å². The van der Waals surface area contributed by atoms with Gasteiger partial charge in [-0.1, -0.05) is 0 Å². The molecule has 0 unspecified atom stereocenters. The molecule has 0 spiro atoms. The van der Waals surface area contributed by atoms with Gasteiger partial charge in [-0.3, -0.25) is 4.90 Å². The summed E-state index contributed by atoms with van der Waals surface area (Å²) >= 11 is 0. The van der Waals surface area contributed by atoms with Crippen LogP contribution in [0, 0.1) is 6.92 Å². The van der Waals surface area contributed by atoms with Gasteiger partial charge in [0.15, 0.2) is 6.39 Å². The number of hydrogen-bond acceptors (Lipinski definition) is 4. The van der Waals surface area contributed by atoms with Crippen LogP contribution in [0.25, 0.3) is 0 Å². The molecule has 17 heavy (non-hydrogen) atoms. The molecule has 2 rings (SSSR count). The number of aromatic nitrogens is 1. The Labute approximate surface area is 115 Å². The Balaban J connectivity index is 0.00000128. The number of rotatable bonds is 3. The third-order valence-electron chi connectivity index (χ3n) is 3.18. The lowest BCUT2D eigenvalue weighted by Crippen LogP contribution is -2.40. The Kier molecular flexibility index (Phi) is 7.79. The molecule has 1 saturated heterocycles. The number of nitrogens with zero attached hydrogens (tertiary/aromatic N) is 2. The van der Waals surface area contributed by atoms with E-state index in [0.29, 0.717) is 6.04 Å². The van der Waals surface area contributed by atoms with Gasteiger partial charge in [-0.2, -0.15) is 0 Å². The lowest BCUT2D eigenvalue weighted by atomic mass is 10.1. The molecule has 1 aliphatic rings. The van der Waals surface area contributed by atoms with Gasteiger partial charge in [0.2, 0.25) is 0 Å². The minimum absolute atomic E-state index is 0. The molecular weight excluding hydrogens is 261 g/mol. The molecule has 0 radical (unpaired) electrons. The van der Waals surface area contributed by atoms with Gasteiger partial charge in [-0.05, 0) is 39.9 Å². The summed E-state index contributed by atoms with van der Waals surface area (Å²) < 4.78 is 5.20. The van der Waals surface area contributed by atoms with Crippen LogP contribution in [0.5, 0.6) is 0 Å². The van der Waals surface area contributed by atoms with Gasteiger partial charge >= 0.3 is 0 Å². The quantitative estimate of drug-likeness (QED) is 0.920. The average molecular weight is 282 g/mol. The van der Waals surface area contributed by atoms with Crippen molar-refractivity contribution >= 4 is 24.8 Å². The van der Waals surface area contributed by atoms with Crippen molar-refractivity contribution in [1.82, 2.24) is 15.2 Å². The summed E-state index contributed by atoms with van der Waals surface area (Å²) in [5, 5.41) is 3.38. The smallest absolute Gasteiger partial charge is 0.181 e. The number of oxazole rings is 1. The highest BCUT2D eigenvalue weighted by Gasteiger charge is 2.19. The van der Waals surface area contributed by atoms with Crippen molar-refractivity contribution in [3.63, 3.8) is 0 Å². The fraction of sp³-hybridized carbons (Fsp3) is 0.727. The van der Waals surface area contributed by atoms with Gasteiger partial charge in [0.05, 0.1) is 5.69 Å². The van der Waals surface area contributed by atoms with Gasteiger partial charge in [0.1, 0.15) is 5.76 Å². The zero-order valence-electron chi connectivity index (χ0n) is 10.3. The molecular formula is C11H21Cl2N3O. The highest BCUT2D eigenvalue weighted by atomic mass is 35.5. The molecule has 0 amide bonds. The van der Waals surface area contributed by atoms with E-state index in [-0.39, 0.29) is 24.8 Å². The van der Waals surface area contributed by atoms with Crippen molar-refractivity contribution in [1.29, 1.82) is 0 Å². The van der Waals surface area contributed by atoms with Crippen LogP contribution < -0.4 is 5.32 Å². The van der Waals surface area contributed by atoms with Crippen molar-refractivity contribution in [3.8, 4) is 0 Å². The summed E-state index contributed by atoms with van der Waals surface area (Å²) in [5.41, 5.74) is 1.07. The summed E-state index contributed by atoms with van der Waals surface area (Å²) in [6, 6.07) is 0.683. The molecule has 4 nitrogen and oxygen atoms in total. The first kappa shape index (κ1) is 16.7. The average Bonchev–Trinajstić information content (AvgIpc) is 2.66. The first-order valence-electron chi connectivity index (χ1n) is 5.57. The molecule has 0 aromatic carbocycles. The van der Waals surface area contributed by atoms with Crippen molar-refractivity contribution < 1.29 is 4.42 Å². The van der Waals surface area contributed by atoms with Crippen LogP contribution in [0.2, 0.25) is 0 Å². The molecule has 1 fully saturated rings. The van der Waals surface area contributed by atoms with E-state index in [1.807, 2.05) is 6.92 Å². The minimum atomic E-state index is 0. The van der Waals surface area contributed by atoms with E-state index in [0.717, 1.165) is 31.1 Å². The molecule has 0 aliphatic carbocycles. The predicted octanol–water partition coefficient (Wildman–Crippen LogP) is 2.01. The zero-order chi connectivity index (χ0) is 10.7. The Morgan fingerprint density at radius 3 is 2.59 bits per heavy atom. The summed E-state index contributed by atoms with van der Waals surface area (Å²) in [5.74, 6) is 0.941. The first-order chi connectivity index (χ1) is 7.27. The van der Waals surface area contributed by atoms with Crippen molar-refractivity contribution in [2.24, 2.45) is 0 Å². The Bertz CT molecular complexity index is 313. The highest BCUT2D eigenvalue weighted by Crippen LogP contribution is 2.14. The van der Waals surface area contributed by atoms with Gasteiger partial charge in [0.25, 0.3) is 0 Å².